The molecule has 1 aromatic heterocycles. The van der Waals surface area contributed by atoms with Gasteiger partial charge in [0.25, 0.3) is 0 Å². The summed E-state index contributed by atoms with van der Waals surface area (Å²) in [5.74, 6) is -1.36. The molecule has 146 valence electrons. The van der Waals surface area contributed by atoms with E-state index in [9.17, 15) is 14.9 Å². The maximum atomic E-state index is 11.6. The number of carbonyl (C=O) groups excluding carboxylic acids is 1. The van der Waals surface area contributed by atoms with E-state index in [1.54, 1.807) is 19.2 Å². The Morgan fingerprint density at radius 3 is 2.68 bits per heavy atom. The van der Waals surface area contributed by atoms with Gasteiger partial charge in [-0.05, 0) is 31.4 Å². The largest absolute Gasteiger partial charge is 0.463 e. The fraction of sp³-hybridized carbons (Fsp3) is 0.250. The van der Waals surface area contributed by atoms with Crippen molar-refractivity contribution >= 4 is 39.3 Å². The molecule has 28 heavy (non-hydrogen) atoms. The Labute approximate surface area is 172 Å². The summed E-state index contributed by atoms with van der Waals surface area (Å²) in [7, 11) is 0. The van der Waals surface area contributed by atoms with E-state index in [2.05, 4.69) is 25.9 Å². The van der Waals surface area contributed by atoms with E-state index in [1.807, 2.05) is 6.07 Å². The van der Waals surface area contributed by atoms with Crippen molar-refractivity contribution in [2.24, 2.45) is 0 Å². The van der Waals surface area contributed by atoms with Gasteiger partial charge in [-0.25, -0.2) is 4.79 Å². The van der Waals surface area contributed by atoms with Crippen LogP contribution in [0.3, 0.4) is 0 Å². The second-order valence-corrected chi connectivity index (χ2v) is 6.60. The predicted octanol–water partition coefficient (Wildman–Crippen LogP) is 3.48. The minimum absolute atomic E-state index is 0.134. The maximum Gasteiger partial charge on any atom is 0.392 e. The zero-order valence-corrected chi connectivity index (χ0v) is 17.1. The molecule has 2 rings (SSSR count). The number of nitriles is 1. The molecule has 0 atom stereocenters. The van der Waals surface area contributed by atoms with E-state index in [-0.39, 0.29) is 29.0 Å². The van der Waals surface area contributed by atoms with Gasteiger partial charge >= 0.3 is 23.4 Å². The normalized spacial score (nSPS) is 10.1. The first-order chi connectivity index (χ1) is 13.4. The number of hydrogen-bond acceptors (Lipinski definition) is 10. The summed E-state index contributed by atoms with van der Waals surface area (Å²) < 4.78 is 16.0. The predicted molar refractivity (Wildman–Crippen MR) is 102 cm³/mol. The summed E-state index contributed by atoms with van der Waals surface area (Å²) in [5, 5.41) is 20.8. The number of halogens is 1. The molecule has 0 saturated heterocycles. The van der Waals surface area contributed by atoms with Crippen LogP contribution in [-0.2, 0) is 9.53 Å². The van der Waals surface area contributed by atoms with Gasteiger partial charge in [-0.1, -0.05) is 27.7 Å². The van der Waals surface area contributed by atoms with Crippen LogP contribution in [-0.4, -0.2) is 40.3 Å². The highest BCUT2D eigenvalue weighted by atomic mass is 79.9. The number of hydrogen-bond donors (Lipinski definition) is 0. The van der Waals surface area contributed by atoms with E-state index in [0.29, 0.717) is 4.47 Å². The topological polar surface area (TPSA) is 137 Å². The van der Waals surface area contributed by atoms with Crippen LogP contribution in [0.15, 0.2) is 27.8 Å². The second kappa shape index (κ2) is 9.86. The Kier molecular flexibility index (Phi) is 7.53. The Hall–Kier alpha value is -2.91. The molecular weight excluding hydrogens is 456 g/mol. The first kappa shape index (κ1) is 21.4. The molecule has 10 nitrogen and oxygen atoms in total. The fourth-order valence-corrected chi connectivity index (χ4v) is 2.76. The van der Waals surface area contributed by atoms with Crippen molar-refractivity contribution in [3.63, 3.8) is 0 Å². The van der Waals surface area contributed by atoms with E-state index < -0.39 is 29.1 Å². The number of esters is 1. The van der Waals surface area contributed by atoms with Crippen molar-refractivity contribution in [2.75, 3.05) is 19.5 Å². The lowest BCUT2D eigenvalue weighted by Crippen LogP contribution is -2.16. The molecule has 0 radical (unpaired) electrons. The summed E-state index contributed by atoms with van der Waals surface area (Å²) in [4.78, 5) is 30.2. The van der Waals surface area contributed by atoms with Gasteiger partial charge in [0.1, 0.15) is 5.75 Å². The number of thioether (sulfide) groups is 1. The quantitative estimate of drug-likeness (QED) is 0.186. The number of benzene rings is 1. The van der Waals surface area contributed by atoms with Gasteiger partial charge in [-0.2, -0.15) is 15.2 Å². The van der Waals surface area contributed by atoms with Gasteiger partial charge in [0.15, 0.2) is 11.8 Å². The van der Waals surface area contributed by atoms with Gasteiger partial charge in [-0.3, -0.25) is 10.1 Å². The van der Waals surface area contributed by atoms with E-state index in [4.69, 9.17) is 19.5 Å². The highest BCUT2D eigenvalue weighted by molar-refractivity contribution is 9.10. The lowest BCUT2D eigenvalue weighted by atomic mass is 10.2. The molecule has 2 aromatic rings. The molecule has 0 bridgehead atoms. The summed E-state index contributed by atoms with van der Waals surface area (Å²) in [6, 6.07) is 6.43. The second-order valence-electron chi connectivity index (χ2n) is 4.91. The number of ether oxygens (including phenoxy) is 3. The first-order valence-electron chi connectivity index (χ1n) is 7.65. The standard InChI is InChI=1S/C16H13BrN4O6S/c1-3-25-12(22)8-26-14-13(21(23)24)15(20-16(19-14)28-2)27-11-5-9(7-18)4-10(17)6-11/h4-6H,3,8H2,1-2H3. The molecule has 1 aromatic carbocycles. The molecule has 1 heterocycles. The van der Waals surface area contributed by atoms with Crippen molar-refractivity contribution < 1.29 is 23.9 Å². The molecular formula is C16H13BrN4O6S. The summed E-state index contributed by atoms with van der Waals surface area (Å²) in [6.45, 7) is 1.20. The Morgan fingerprint density at radius 1 is 1.36 bits per heavy atom. The van der Waals surface area contributed by atoms with Crippen LogP contribution < -0.4 is 9.47 Å². The lowest BCUT2D eigenvalue weighted by Gasteiger charge is -2.11. The smallest absolute Gasteiger partial charge is 0.392 e. The van der Waals surface area contributed by atoms with Crippen LogP contribution in [0.1, 0.15) is 12.5 Å². The highest BCUT2D eigenvalue weighted by Crippen LogP contribution is 2.38. The zero-order valence-electron chi connectivity index (χ0n) is 14.7. The lowest BCUT2D eigenvalue weighted by molar-refractivity contribution is -0.387. The summed E-state index contributed by atoms with van der Waals surface area (Å²) in [5.41, 5.74) is -0.370. The molecule has 0 spiro atoms. The minimum Gasteiger partial charge on any atom is -0.463 e. The molecule has 0 aliphatic rings. The van der Waals surface area contributed by atoms with Crippen molar-refractivity contribution in [3.8, 4) is 23.6 Å². The van der Waals surface area contributed by atoms with Gasteiger partial charge in [0, 0.05) is 4.47 Å². The fourth-order valence-electron chi connectivity index (χ4n) is 1.94. The van der Waals surface area contributed by atoms with Crippen LogP contribution in [0.5, 0.6) is 17.5 Å². The maximum absolute atomic E-state index is 11.6. The van der Waals surface area contributed by atoms with Gasteiger partial charge < -0.3 is 14.2 Å². The third-order valence-electron chi connectivity index (χ3n) is 3.01. The van der Waals surface area contributed by atoms with Crippen LogP contribution in [0, 0.1) is 21.4 Å². The van der Waals surface area contributed by atoms with Crippen molar-refractivity contribution in [3.05, 3.63) is 38.3 Å². The van der Waals surface area contributed by atoms with E-state index in [0.717, 1.165) is 11.8 Å². The molecule has 12 heteroatoms. The average Bonchev–Trinajstić information content (AvgIpc) is 2.65. The van der Waals surface area contributed by atoms with Crippen molar-refractivity contribution in [1.82, 2.24) is 9.97 Å². The Morgan fingerprint density at radius 2 is 2.07 bits per heavy atom. The monoisotopic (exact) mass is 468 g/mol. The third-order valence-corrected chi connectivity index (χ3v) is 4.02. The number of aromatic nitrogens is 2. The number of nitro groups is 1. The summed E-state index contributed by atoms with van der Waals surface area (Å²) >= 11 is 4.34. The molecule has 0 unspecified atom stereocenters. The SMILES string of the molecule is CCOC(=O)COc1nc(SC)nc(Oc2cc(Br)cc(C#N)c2)c1[N+](=O)[O-]. The highest BCUT2D eigenvalue weighted by Gasteiger charge is 2.29. The minimum atomic E-state index is -0.775. The van der Waals surface area contributed by atoms with Crippen molar-refractivity contribution in [1.29, 1.82) is 5.26 Å². The Bertz CT molecular complexity index is 949. The van der Waals surface area contributed by atoms with Crippen LogP contribution in [0.25, 0.3) is 0 Å². The van der Waals surface area contributed by atoms with Gasteiger partial charge in [-0.15, -0.1) is 0 Å². The third kappa shape index (κ3) is 5.54. The molecule has 0 aliphatic carbocycles. The Balaban J connectivity index is 2.46. The average molecular weight is 469 g/mol. The van der Waals surface area contributed by atoms with E-state index in [1.165, 1.54) is 12.1 Å². The summed E-state index contributed by atoms with van der Waals surface area (Å²) in [6.07, 6.45) is 1.66. The molecule has 0 saturated carbocycles. The number of nitrogens with zero attached hydrogens (tertiary/aromatic N) is 4. The van der Waals surface area contributed by atoms with Crippen LogP contribution in [0.4, 0.5) is 5.69 Å². The molecule has 0 aliphatic heterocycles. The number of carbonyl (C=O) groups is 1. The van der Waals surface area contributed by atoms with E-state index >= 15 is 0 Å². The van der Waals surface area contributed by atoms with Gasteiger partial charge in [0.05, 0.1) is 23.2 Å². The molecule has 0 amide bonds. The van der Waals surface area contributed by atoms with Crippen LogP contribution in [0.2, 0.25) is 0 Å². The molecule has 0 fully saturated rings. The van der Waals surface area contributed by atoms with Gasteiger partial charge in [0.2, 0.25) is 0 Å². The zero-order chi connectivity index (χ0) is 20.7. The number of rotatable bonds is 8. The van der Waals surface area contributed by atoms with Crippen LogP contribution >= 0.6 is 27.7 Å². The first-order valence-corrected chi connectivity index (χ1v) is 9.67. The molecule has 0 N–H and O–H groups in total. The van der Waals surface area contributed by atoms with Crippen molar-refractivity contribution in [2.45, 2.75) is 12.1 Å².